The van der Waals surface area contributed by atoms with Crippen molar-refractivity contribution in [1.82, 2.24) is 14.3 Å². The van der Waals surface area contributed by atoms with E-state index in [1.165, 1.54) is 38.3 Å². The number of nitrogens with zero attached hydrogens (tertiary/aromatic N) is 4. The van der Waals surface area contributed by atoms with Crippen LogP contribution in [0.25, 0.3) is 0 Å². The van der Waals surface area contributed by atoms with E-state index in [4.69, 9.17) is 5.11 Å². The molecule has 33 heavy (non-hydrogen) atoms. The molecule has 1 aliphatic rings. The van der Waals surface area contributed by atoms with Gasteiger partial charge < -0.3 is 10.0 Å². The maximum Gasteiger partial charge on any atom is 0.318 e. The summed E-state index contributed by atoms with van der Waals surface area (Å²) in [5, 5.41) is 8.87. The van der Waals surface area contributed by atoms with Gasteiger partial charge in [-0.2, -0.15) is 4.31 Å². The molecule has 10 heteroatoms. The molecule has 1 N–H and O–H groups in total. The molecular formula is C23H30N4O5S. The van der Waals surface area contributed by atoms with Crippen LogP contribution in [0.3, 0.4) is 0 Å². The number of aliphatic carboxylic acids is 1. The third kappa shape index (κ3) is 6.35. The van der Waals surface area contributed by atoms with E-state index < -0.39 is 22.5 Å². The summed E-state index contributed by atoms with van der Waals surface area (Å²) in [6.07, 6.45) is 4.93. The van der Waals surface area contributed by atoms with Gasteiger partial charge in [-0.15, -0.1) is 0 Å². The highest BCUT2D eigenvalue weighted by molar-refractivity contribution is 7.89. The van der Waals surface area contributed by atoms with Gasteiger partial charge in [0.2, 0.25) is 10.0 Å². The molecule has 1 aromatic heterocycles. The maximum absolute atomic E-state index is 12.9. The van der Waals surface area contributed by atoms with Crippen molar-refractivity contribution in [1.29, 1.82) is 0 Å². The first-order valence-corrected chi connectivity index (χ1v) is 12.4. The van der Waals surface area contributed by atoms with Crippen molar-refractivity contribution in [2.75, 3.05) is 31.6 Å². The third-order valence-corrected chi connectivity index (χ3v) is 7.46. The molecule has 0 aliphatic heterocycles. The number of benzene rings is 1. The van der Waals surface area contributed by atoms with Gasteiger partial charge in [-0.25, -0.2) is 18.4 Å². The van der Waals surface area contributed by atoms with Gasteiger partial charge in [-0.3, -0.25) is 9.59 Å². The standard InChI is InChI=1S/C23H30N4O5S/c1-4-9-27(13-17-5-6-17)22-12-20(24-15-25-22)21(28)11-18-7-8-19(10-16(18)2)33(31,32)26(3)14-23(29)30/h7-8,10,12,15,17H,4-6,9,11,13-14H2,1-3H3,(H,29,30). The Morgan fingerprint density at radius 1 is 1.18 bits per heavy atom. The van der Waals surface area contributed by atoms with Crippen LogP contribution < -0.4 is 4.90 Å². The number of aryl methyl sites for hydroxylation is 1. The fraction of sp³-hybridized carbons (Fsp3) is 0.478. The topological polar surface area (TPSA) is 121 Å². The monoisotopic (exact) mass is 474 g/mol. The summed E-state index contributed by atoms with van der Waals surface area (Å²) in [4.78, 5) is 34.5. The Kier molecular flexibility index (Phi) is 7.80. The predicted octanol–water partition coefficient (Wildman–Crippen LogP) is 2.54. The molecule has 9 nitrogen and oxygen atoms in total. The number of hydrogen-bond donors (Lipinski definition) is 1. The summed E-state index contributed by atoms with van der Waals surface area (Å²) in [5.74, 6) is 0.0291. The van der Waals surface area contributed by atoms with Crippen molar-refractivity contribution in [3.05, 3.63) is 47.4 Å². The molecule has 0 radical (unpaired) electrons. The fourth-order valence-electron chi connectivity index (χ4n) is 3.60. The van der Waals surface area contributed by atoms with E-state index >= 15 is 0 Å². The van der Waals surface area contributed by atoms with Gasteiger partial charge in [0.05, 0.1) is 4.90 Å². The molecule has 0 amide bonds. The Hall–Kier alpha value is -2.85. The molecule has 1 aliphatic carbocycles. The largest absolute Gasteiger partial charge is 0.480 e. The number of carbonyl (C=O) groups is 2. The molecular weight excluding hydrogens is 444 g/mol. The van der Waals surface area contributed by atoms with Crippen molar-refractivity contribution in [3.8, 4) is 0 Å². The Morgan fingerprint density at radius 3 is 2.52 bits per heavy atom. The molecule has 0 unspecified atom stereocenters. The smallest absolute Gasteiger partial charge is 0.318 e. The quantitative estimate of drug-likeness (QED) is 0.466. The van der Waals surface area contributed by atoms with Gasteiger partial charge in [0, 0.05) is 32.6 Å². The lowest BCUT2D eigenvalue weighted by Gasteiger charge is -2.23. The summed E-state index contributed by atoms with van der Waals surface area (Å²) in [5.41, 5.74) is 1.64. The van der Waals surface area contributed by atoms with Crippen molar-refractivity contribution < 1.29 is 23.1 Å². The van der Waals surface area contributed by atoms with Crippen molar-refractivity contribution in [3.63, 3.8) is 0 Å². The zero-order chi connectivity index (χ0) is 24.2. The van der Waals surface area contributed by atoms with Crippen molar-refractivity contribution in [2.24, 2.45) is 5.92 Å². The van der Waals surface area contributed by atoms with Crippen molar-refractivity contribution in [2.45, 2.75) is 44.4 Å². The normalized spacial score (nSPS) is 13.8. The first-order valence-electron chi connectivity index (χ1n) is 11.0. The van der Waals surface area contributed by atoms with Gasteiger partial charge in [0.15, 0.2) is 5.78 Å². The number of hydrogen-bond acceptors (Lipinski definition) is 7. The third-order valence-electron chi connectivity index (χ3n) is 5.66. The van der Waals surface area contributed by atoms with Gasteiger partial charge in [-0.05, 0) is 55.4 Å². The summed E-state index contributed by atoms with van der Waals surface area (Å²) in [6.45, 7) is 5.01. The summed E-state index contributed by atoms with van der Waals surface area (Å²) < 4.78 is 25.9. The van der Waals surface area contributed by atoms with Gasteiger partial charge in [-0.1, -0.05) is 13.0 Å². The van der Waals surface area contributed by atoms with Gasteiger partial charge >= 0.3 is 5.97 Å². The number of sulfonamides is 1. The second-order valence-electron chi connectivity index (χ2n) is 8.49. The summed E-state index contributed by atoms with van der Waals surface area (Å²) in [7, 11) is -2.72. The van der Waals surface area contributed by atoms with Crippen LogP contribution >= 0.6 is 0 Å². The molecule has 1 fully saturated rings. The molecule has 1 aromatic carbocycles. The van der Waals surface area contributed by atoms with Crippen LogP contribution in [0.5, 0.6) is 0 Å². The zero-order valence-corrected chi connectivity index (χ0v) is 20.0. The number of rotatable bonds is 12. The highest BCUT2D eigenvalue weighted by Crippen LogP contribution is 2.31. The molecule has 0 atom stereocenters. The Labute approximate surface area is 194 Å². The molecule has 2 aromatic rings. The second-order valence-corrected chi connectivity index (χ2v) is 10.5. The van der Waals surface area contributed by atoms with Crippen LogP contribution in [0.2, 0.25) is 0 Å². The zero-order valence-electron chi connectivity index (χ0n) is 19.2. The molecule has 1 heterocycles. The van der Waals surface area contributed by atoms with Gasteiger partial charge in [0.25, 0.3) is 0 Å². The van der Waals surface area contributed by atoms with E-state index in [1.54, 1.807) is 19.1 Å². The molecule has 0 saturated heterocycles. The lowest BCUT2D eigenvalue weighted by Crippen LogP contribution is -2.32. The first-order chi connectivity index (χ1) is 15.6. The van der Waals surface area contributed by atoms with Crippen LogP contribution in [0, 0.1) is 12.8 Å². The number of anilines is 1. The Bertz CT molecular complexity index is 1130. The minimum Gasteiger partial charge on any atom is -0.480 e. The first kappa shape index (κ1) is 24.8. The van der Waals surface area contributed by atoms with Crippen molar-refractivity contribution >= 4 is 27.6 Å². The van der Waals surface area contributed by atoms with Crippen LogP contribution in [0.15, 0.2) is 35.5 Å². The van der Waals surface area contributed by atoms with E-state index in [0.717, 1.165) is 29.6 Å². The number of carboxylic acid groups (broad SMARTS) is 1. The average molecular weight is 475 g/mol. The summed E-state index contributed by atoms with van der Waals surface area (Å²) in [6, 6.07) is 6.18. The Morgan fingerprint density at radius 2 is 1.91 bits per heavy atom. The number of ketones is 1. The Balaban J connectivity index is 1.76. The van der Waals surface area contributed by atoms with Crippen LogP contribution in [-0.4, -0.2) is 66.2 Å². The minimum absolute atomic E-state index is 0.0143. The molecule has 178 valence electrons. The van der Waals surface area contributed by atoms with E-state index in [9.17, 15) is 18.0 Å². The number of Topliss-reactive ketones (excluding diaryl/α,β-unsaturated/α-hetero) is 1. The SMILES string of the molecule is CCCN(CC1CC1)c1cc(C(=O)Cc2ccc(S(=O)(=O)N(C)CC(=O)O)cc2C)ncn1. The number of likely N-dealkylation sites (N-methyl/N-ethyl adjacent to an activating group) is 1. The van der Waals surface area contributed by atoms with E-state index in [0.29, 0.717) is 22.7 Å². The molecule has 1 saturated carbocycles. The number of carbonyl (C=O) groups excluding carboxylic acids is 1. The highest BCUT2D eigenvalue weighted by atomic mass is 32.2. The predicted molar refractivity (Wildman–Crippen MR) is 124 cm³/mol. The maximum atomic E-state index is 12.9. The lowest BCUT2D eigenvalue weighted by atomic mass is 10.0. The van der Waals surface area contributed by atoms with Crippen LogP contribution in [0.1, 0.15) is 47.8 Å². The molecule has 0 bridgehead atoms. The summed E-state index contributed by atoms with van der Waals surface area (Å²) >= 11 is 0. The second kappa shape index (κ2) is 10.4. The number of carboxylic acids is 1. The van der Waals surface area contributed by atoms with Crippen LogP contribution in [-0.2, 0) is 21.2 Å². The van der Waals surface area contributed by atoms with Crippen LogP contribution in [0.4, 0.5) is 5.82 Å². The molecule has 3 rings (SSSR count). The molecule has 0 spiro atoms. The fourth-order valence-corrected chi connectivity index (χ4v) is 4.81. The highest BCUT2D eigenvalue weighted by Gasteiger charge is 2.26. The van der Waals surface area contributed by atoms with E-state index in [2.05, 4.69) is 21.8 Å². The lowest BCUT2D eigenvalue weighted by molar-refractivity contribution is -0.137. The number of aromatic nitrogens is 2. The average Bonchev–Trinajstić information content (AvgIpc) is 3.58. The minimum atomic E-state index is -3.94. The van der Waals surface area contributed by atoms with E-state index in [-0.39, 0.29) is 17.1 Å². The van der Waals surface area contributed by atoms with Gasteiger partial charge in [0.1, 0.15) is 24.4 Å². The van der Waals surface area contributed by atoms with E-state index in [1.807, 2.05) is 0 Å².